The lowest BCUT2D eigenvalue weighted by Gasteiger charge is -2.20. The summed E-state index contributed by atoms with van der Waals surface area (Å²) >= 11 is 11.7. The third kappa shape index (κ3) is 1.81. The van der Waals surface area contributed by atoms with Gasteiger partial charge in [0, 0.05) is 16.6 Å². The fourth-order valence-electron chi connectivity index (χ4n) is 2.63. The molecule has 3 amide bonds. The maximum absolute atomic E-state index is 12.6. The van der Waals surface area contributed by atoms with Gasteiger partial charge in [0.15, 0.2) is 9.84 Å². The number of amides is 3. The molecule has 1 unspecified atom stereocenters. The van der Waals surface area contributed by atoms with E-state index in [2.05, 4.69) is 0 Å². The molecule has 2 aliphatic rings. The second-order valence-corrected chi connectivity index (χ2v) is 8.31. The highest BCUT2D eigenvalue weighted by atomic mass is 35.5. The molecule has 0 saturated carbocycles. The maximum atomic E-state index is 12.6. The first-order chi connectivity index (χ1) is 9.68. The van der Waals surface area contributed by atoms with Crippen molar-refractivity contribution < 1.29 is 18.0 Å². The van der Waals surface area contributed by atoms with Crippen LogP contribution in [0.25, 0.3) is 0 Å². The van der Waals surface area contributed by atoms with Crippen LogP contribution in [-0.2, 0) is 14.6 Å². The Balaban J connectivity index is 2.15. The van der Waals surface area contributed by atoms with Crippen LogP contribution in [0.15, 0.2) is 18.2 Å². The Morgan fingerprint density at radius 3 is 2.24 bits per heavy atom. The molecule has 112 valence electrons. The zero-order valence-electron chi connectivity index (χ0n) is 10.8. The third-order valence-corrected chi connectivity index (χ3v) is 6.59. The topological polar surface area (TPSA) is 74.8 Å². The first-order valence-corrected chi connectivity index (χ1v) is 8.44. The summed E-state index contributed by atoms with van der Waals surface area (Å²) in [5.74, 6) is -1.02. The van der Waals surface area contributed by atoms with Gasteiger partial charge >= 0.3 is 6.03 Å². The van der Waals surface area contributed by atoms with E-state index in [9.17, 15) is 18.0 Å². The number of nitrogens with zero attached hydrogens (tertiary/aromatic N) is 2. The number of carbonyl (C=O) groups excluding carboxylic acids is 2. The van der Waals surface area contributed by atoms with E-state index in [1.807, 2.05) is 0 Å². The van der Waals surface area contributed by atoms with Crippen molar-refractivity contribution in [3.05, 3.63) is 28.2 Å². The van der Waals surface area contributed by atoms with Gasteiger partial charge in [-0.3, -0.25) is 9.69 Å². The molecule has 0 bridgehead atoms. The van der Waals surface area contributed by atoms with E-state index in [-0.39, 0.29) is 28.0 Å². The second-order valence-electron chi connectivity index (χ2n) is 5.00. The first kappa shape index (κ1) is 14.6. The predicted octanol–water partition coefficient (Wildman–Crippen LogP) is 1.91. The second kappa shape index (κ2) is 4.34. The highest BCUT2D eigenvalue weighted by Gasteiger charge is 2.65. The van der Waals surface area contributed by atoms with Crippen LogP contribution in [0.1, 0.15) is 6.92 Å². The van der Waals surface area contributed by atoms with Gasteiger partial charge in [0.25, 0.3) is 5.91 Å². The summed E-state index contributed by atoms with van der Waals surface area (Å²) in [7, 11) is -3.72. The van der Waals surface area contributed by atoms with Gasteiger partial charge in [0.2, 0.25) is 4.87 Å². The summed E-state index contributed by atoms with van der Waals surface area (Å²) in [6, 6.07) is 3.56. The zero-order valence-corrected chi connectivity index (χ0v) is 13.2. The number of rotatable bonds is 1. The number of hydrogen-bond donors (Lipinski definition) is 0. The van der Waals surface area contributed by atoms with Crippen molar-refractivity contribution in [1.82, 2.24) is 4.90 Å². The molecule has 2 heterocycles. The van der Waals surface area contributed by atoms with Crippen LogP contribution in [0.3, 0.4) is 0 Å². The minimum atomic E-state index is -3.72. The van der Waals surface area contributed by atoms with Gasteiger partial charge in [0.1, 0.15) is 0 Å². The molecule has 9 heteroatoms. The molecule has 0 aliphatic carbocycles. The molecule has 3 rings (SSSR count). The molecule has 2 saturated heterocycles. The van der Waals surface area contributed by atoms with Crippen molar-refractivity contribution >= 4 is 50.7 Å². The monoisotopic (exact) mass is 348 g/mol. The number of hydrogen-bond acceptors (Lipinski definition) is 4. The maximum Gasteiger partial charge on any atom is 0.333 e. The number of halogens is 2. The summed E-state index contributed by atoms with van der Waals surface area (Å²) in [5, 5.41) is 0.497. The van der Waals surface area contributed by atoms with E-state index in [0.29, 0.717) is 0 Å². The molecule has 0 N–H and O–H groups in total. The van der Waals surface area contributed by atoms with Gasteiger partial charge in [0.05, 0.1) is 11.4 Å². The third-order valence-electron chi connectivity index (χ3n) is 3.83. The highest BCUT2D eigenvalue weighted by molar-refractivity contribution is 7.93. The molecular formula is C12H10Cl2N2O4S. The molecule has 0 spiro atoms. The number of anilines is 1. The van der Waals surface area contributed by atoms with Gasteiger partial charge in [-0.1, -0.05) is 23.2 Å². The fourth-order valence-corrected chi connectivity index (χ4v) is 4.83. The van der Waals surface area contributed by atoms with E-state index in [1.165, 1.54) is 25.1 Å². The number of fused-ring (bicyclic) bond motifs is 1. The van der Waals surface area contributed by atoms with Crippen molar-refractivity contribution in [1.29, 1.82) is 0 Å². The van der Waals surface area contributed by atoms with Gasteiger partial charge in [-0.15, -0.1) is 0 Å². The van der Waals surface area contributed by atoms with E-state index < -0.39 is 26.6 Å². The summed E-state index contributed by atoms with van der Waals surface area (Å²) in [6.45, 7) is 1.25. The predicted molar refractivity (Wildman–Crippen MR) is 78.2 cm³/mol. The van der Waals surface area contributed by atoms with Gasteiger partial charge in [-0.2, -0.15) is 0 Å². The molecule has 2 fully saturated rings. The Bertz CT molecular complexity index is 759. The number of carbonyl (C=O) groups is 2. The van der Waals surface area contributed by atoms with Crippen molar-refractivity contribution in [2.24, 2.45) is 0 Å². The van der Waals surface area contributed by atoms with Crippen LogP contribution in [0, 0.1) is 0 Å². The van der Waals surface area contributed by atoms with Crippen LogP contribution < -0.4 is 4.90 Å². The molecule has 6 nitrogen and oxygen atoms in total. The Morgan fingerprint density at radius 1 is 1.14 bits per heavy atom. The SMILES string of the molecule is CC12C(=O)N(c3cc(Cl)cc(Cl)c3)C(=O)N1CCS2(=O)=O. The Hall–Kier alpha value is -1.31. The highest BCUT2D eigenvalue weighted by Crippen LogP contribution is 2.40. The molecule has 1 aromatic rings. The number of sulfone groups is 1. The van der Waals surface area contributed by atoms with Crippen LogP contribution >= 0.6 is 23.2 Å². The molecule has 2 aliphatic heterocycles. The van der Waals surface area contributed by atoms with Crippen molar-refractivity contribution in [3.63, 3.8) is 0 Å². The average Bonchev–Trinajstić information content (AvgIpc) is 2.71. The molecule has 0 aromatic heterocycles. The molecule has 1 aromatic carbocycles. The van der Waals surface area contributed by atoms with Crippen LogP contribution in [0.5, 0.6) is 0 Å². The number of imide groups is 1. The quantitative estimate of drug-likeness (QED) is 0.726. The number of urea groups is 1. The lowest BCUT2D eigenvalue weighted by Crippen LogP contribution is -2.47. The largest absolute Gasteiger partial charge is 0.333 e. The lowest BCUT2D eigenvalue weighted by molar-refractivity contribution is -0.120. The van der Waals surface area contributed by atoms with E-state index in [0.717, 1.165) is 9.80 Å². The standard InChI is InChI=1S/C12H10Cl2N2O4S/c1-12-10(17)16(9-5-7(13)4-8(14)6-9)11(18)15(12)2-3-21(12,19)20/h4-6H,2-3H2,1H3. The fraction of sp³-hybridized carbons (Fsp3) is 0.333. The first-order valence-electron chi connectivity index (χ1n) is 6.03. The summed E-state index contributed by atoms with van der Waals surface area (Å²) in [6.07, 6.45) is 0. The number of benzene rings is 1. The van der Waals surface area contributed by atoms with Crippen LogP contribution in [0.2, 0.25) is 10.0 Å². The van der Waals surface area contributed by atoms with Gasteiger partial charge < -0.3 is 0 Å². The van der Waals surface area contributed by atoms with Crippen LogP contribution in [0.4, 0.5) is 10.5 Å². The Morgan fingerprint density at radius 2 is 1.71 bits per heavy atom. The Kier molecular flexibility index (Phi) is 3.02. The minimum Gasteiger partial charge on any atom is -0.295 e. The van der Waals surface area contributed by atoms with Gasteiger partial charge in [-0.25, -0.2) is 18.1 Å². The van der Waals surface area contributed by atoms with E-state index in [1.54, 1.807) is 0 Å². The van der Waals surface area contributed by atoms with E-state index in [4.69, 9.17) is 23.2 Å². The van der Waals surface area contributed by atoms with Crippen molar-refractivity contribution in [3.8, 4) is 0 Å². The van der Waals surface area contributed by atoms with E-state index >= 15 is 0 Å². The molecular weight excluding hydrogens is 339 g/mol. The molecule has 21 heavy (non-hydrogen) atoms. The van der Waals surface area contributed by atoms with Crippen molar-refractivity contribution in [2.75, 3.05) is 17.2 Å². The summed E-state index contributed by atoms with van der Waals surface area (Å²) in [4.78, 5) is 25.0. The summed E-state index contributed by atoms with van der Waals surface area (Å²) in [5.41, 5.74) is 0.160. The summed E-state index contributed by atoms with van der Waals surface area (Å²) < 4.78 is 24.3. The smallest absolute Gasteiger partial charge is 0.295 e. The van der Waals surface area contributed by atoms with Gasteiger partial charge in [-0.05, 0) is 25.1 Å². The lowest BCUT2D eigenvalue weighted by atomic mass is 10.2. The molecule has 0 radical (unpaired) electrons. The Labute approximate surface area is 131 Å². The minimum absolute atomic E-state index is 0.00575. The van der Waals surface area contributed by atoms with Crippen LogP contribution in [-0.4, -0.2) is 42.4 Å². The zero-order chi connectivity index (χ0) is 15.6. The van der Waals surface area contributed by atoms with Crippen molar-refractivity contribution in [2.45, 2.75) is 11.8 Å². The normalized spacial score (nSPS) is 27.4. The molecule has 1 atom stereocenters. The average molecular weight is 349 g/mol.